The number of rotatable bonds is 0. The lowest BCUT2D eigenvalue weighted by atomic mass is 9.62. The highest BCUT2D eigenvalue weighted by molar-refractivity contribution is 5.33. The summed E-state index contributed by atoms with van der Waals surface area (Å²) in [7, 11) is 0. The van der Waals surface area contributed by atoms with Gasteiger partial charge >= 0.3 is 0 Å². The molecule has 4 unspecified atom stereocenters. The predicted octanol–water partition coefficient (Wildman–Crippen LogP) is 2.22. The quantitative estimate of drug-likeness (QED) is 0.430. The third-order valence-electron chi connectivity index (χ3n) is 3.67. The Morgan fingerprint density at radius 1 is 1.44 bits per heavy atom. The van der Waals surface area contributed by atoms with Crippen molar-refractivity contribution in [2.75, 3.05) is 0 Å². The van der Waals surface area contributed by atoms with Gasteiger partial charge in [0.2, 0.25) is 0 Å². The molecule has 0 heteroatoms. The van der Waals surface area contributed by atoms with Crippen LogP contribution in [0.15, 0.2) is 11.6 Å². The van der Waals surface area contributed by atoms with Gasteiger partial charge in [-0.25, -0.2) is 0 Å². The lowest BCUT2D eigenvalue weighted by molar-refractivity contribution is 0.217. The van der Waals surface area contributed by atoms with E-state index in [4.69, 9.17) is 0 Å². The van der Waals surface area contributed by atoms with E-state index in [1.54, 1.807) is 0 Å². The van der Waals surface area contributed by atoms with E-state index in [-0.39, 0.29) is 0 Å². The molecular weight excluding hydrogens is 108 g/mol. The van der Waals surface area contributed by atoms with Crippen LogP contribution in [-0.4, -0.2) is 0 Å². The van der Waals surface area contributed by atoms with Crippen LogP contribution in [-0.2, 0) is 0 Å². The zero-order valence-corrected chi connectivity index (χ0v) is 5.80. The van der Waals surface area contributed by atoms with E-state index < -0.39 is 0 Å². The van der Waals surface area contributed by atoms with Crippen LogP contribution in [0, 0.1) is 23.7 Å². The monoisotopic (exact) mass is 120 g/mol. The molecule has 0 aromatic heterocycles. The fourth-order valence-electron chi connectivity index (χ4n) is 3.20. The Hall–Kier alpha value is -0.260. The second-order valence-corrected chi connectivity index (χ2v) is 3.96. The highest BCUT2D eigenvalue weighted by Gasteiger charge is 2.52. The Morgan fingerprint density at radius 3 is 2.67 bits per heavy atom. The van der Waals surface area contributed by atoms with Crippen molar-refractivity contribution in [2.24, 2.45) is 23.7 Å². The average molecular weight is 120 g/mol. The third-order valence-corrected chi connectivity index (χ3v) is 3.67. The lowest BCUT2D eigenvalue weighted by Crippen LogP contribution is -2.34. The zero-order chi connectivity index (χ0) is 6.01. The largest absolute Gasteiger partial charge is 0.0816 e. The van der Waals surface area contributed by atoms with Gasteiger partial charge in [-0.1, -0.05) is 18.6 Å². The molecule has 0 saturated heterocycles. The minimum Gasteiger partial charge on any atom is -0.0816 e. The Labute approximate surface area is 56.0 Å². The van der Waals surface area contributed by atoms with E-state index in [9.17, 15) is 0 Å². The van der Waals surface area contributed by atoms with Crippen LogP contribution in [0.4, 0.5) is 0 Å². The zero-order valence-electron chi connectivity index (χ0n) is 5.80. The van der Waals surface area contributed by atoms with Gasteiger partial charge in [0, 0.05) is 0 Å². The molecule has 0 amide bonds. The van der Waals surface area contributed by atoms with Gasteiger partial charge in [0.15, 0.2) is 0 Å². The van der Waals surface area contributed by atoms with E-state index in [0.29, 0.717) is 0 Å². The number of hydrogen-bond donors (Lipinski definition) is 0. The molecule has 3 aliphatic rings. The molecule has 0 aromatic rings. The molecule has 0 aliphatic heterocycles. The highest BCUT2D eigenvalue weighted by atomic mass is 14.6. The topological polar surface area (TPSA) is 0 Å². The van der Waals surface area contributed by atoms with Gasteiger partial charge in [-0.05, 0) is 36.5 Å². The summed E-state index contributed by atoms with van der Waals surface area (Å²) in [6.07, 6.45) is 5.59. The first-order valence-electron chi connectivity index (χ1n) is 4.08. The molecular formula is C9H12. The average Bonchev–Trinajstić information content (AvgIpc) is 2.40. The van der Waals surface area contributed by atoms with Gasteiger partial charge in [-0.2, -0.15) is 0 Å². The first-order valence-corrected chi connectivity index (χ1v) is 4.08. The second-order valence-electron chi connectivity index (χ2n) is 3.96. The minimum atomic E-state index is 0.980. The van der Waals surface area contributed by atoms with Crippen LogP contribution in [0.25, 0.3) is 0 Å². The molecule has 2 fully saturated rings. The van der Waals surface area contributed by atoms with Crippen molar-refractivity contribution < 1.29 is 0 Å². The molecule has 2 saturated carbocycles. The van der Waals surface area contributed by atoms with E-state index in [1.165, 1.54) is 12.8 Å². The fraction of sp³-hybridized carbons (Fsp3) is 0.778. The SMILES string of the molecule is CC1C2=CC3CC2C1C3. The van der Waals surface area contributed by atoms with E-state index in [2.05, 4.69) is 13.0 Å². The Balaban J connectivity index is 2.12. The predicted molar refractivity (Wildman–Crippen MR) is 37.0 cm³/mol. The standard InChI is InChI=1S/C9H12/c1-5-7-2-6-3-8(5)9(7)4-6/h2,5-6,8-9H,3-4H2,1H3. The first kappa shape index (κ1) is 4.54. The Bertz CT molecular complexity index is 190. The number of allylic oxidation sites excluding steroid dienone is 2. The van der Waals surface area contributed by atoms with Crippen LogP contribution in [0.3, 0.4) is 0 Å². The van der Waals surface area contributed by atoms with Crippen molar-refractivity contribution in [3.63, 3.8) is 0 Å². The van der Waals surface area contributed by atoms with Crippen molar-refractivity contribution >= 4 is 0 Å². The summed E-state index contributed by atoms with van der Waals surface area (Å²) >= 11 is 0. The fourth-order valence-corrected chi connectivity index (χ4v) is 3.20. The summed E-state index contributed by atoms with van der Waals surface area (Å²) in [4.78, 5) is 0. The maximum atomic E-state index is 2.55. The molecule has 0 nitrogen and oxygen atoms in total. The van der Waals surface area contributed by atoms with Gasteiger partial charge in [0.1, 0.15) is 0 Å². The number of fused-ring (bicyclic) bond motifs is 1. The van der Waals surface area contributed by atoms with Crippen molar-refractivity contribution in [1.29, 1.82) is 0 Å². The summed E-state index contributed by atoms with van der Waals surface area (Å²) in [5, 5.41) is 0. The molecule has 0 spiro atoms. The van der Waals surface area contributed by atoms with Crippen molar-refractivity contribution in [1.82, 2.24) is 0 Å². The molecule has 0 aromatic carbocycles. The van der Waals surface area contributed by atoms with E-state index >= 15 is 0 Å². The van der Waals surface area contributed by atoms with Gasteiger partial charge in [0.25, 0.3) is 0 Å². The van der Waals surface area contributed by atoms with E-state index in [1.807, 2.05) is 5.57 Å². The Morgan fingerprint density at radius 2 is 2.33 bits per heavy atom. The highest BCUT2D eigenvalue weighted by Crippen LogP contribution is 2.62. The van der Waals surface area contributed by atoms with Crippen LogP contribution >= 0.6 is 0 Å². The second kappa shape index (κ2) is 1.12. The molecule has 0 N–H and O–H groups in total. The summed E-state index contributed by atoms with van der Waals surface area (Å²) in [5.74, 6) is 4.19. The molecule has 4 atom stereocenters. The van der Waals surface area contributed by atoms with Gasteiger partial charge < -0.3 is 0 Å². The van der Waals surface area contributed by atoms with Crippen LogP contribution in [0.2, 0.25) is 0 Å². The normalized spacial score (nSPS) is 59.4. The molecule has 48 valence electrons. The molecule has 2 bridgehead atoms. The summed E-state index contributed by atoms with van der Waals surface area (Å²) < 4.78 is 0. The van der Waals surface area contributed by atoms with Gasteiger partial charge in [-0.15, -0.1) is 0 Å². The summed E-state index contributed by atoms with van der Waals surface area (Å²) in [6, 6.07) is 0. The molecule has 0 radical (unpaired) electrons. The molecule has 3 aliphatic carbocycles. The summed E-state index contributed by atoms with van der Waals surface area (Å²) in [6.45, 7) is 2.40. The maximum absolute atomic E-state index is 2.55. The van der Waals surface area contributed by atoms with Crippen LogP contribution < -0.4 is 0 Å². The summed E-state index contributed by atoms with van der Waals surface area (Å²) in [5.41, 5.74) is 1.82. The third kappa shape index (κ3) is 0.331. The smallest absolute Gasteiger partial charge is 0.0161 e. The van der Waals surface area contributed by atoms with Crippen molar-refractivity contribution in [2.45, 2.75) is 19.8 Å². The molecule has 0 heterocycles. The first-order chi connectivity index (χ1) is 4.36. The number of hydrogen-bond acceptors (Lipinski definition) is 0. The van der Waals surface area contributed by atoms with E-state index in [0.717, 1.165) is 23.7 Å². The van der Waals surface area contributed by atoms with Gasteiger partial charge in [-0.3, -0.25) is 0 Å². The Kier molecular flexibility index (Phi) is 0.564. The van der Waals surface area contributed by atoms with Gasteiger partial charge in [0.05, 0.1) is 0 Å². The van der Waals surface area contributed by atoms with Crippen molar-refractivity contribution in [3.05, 3.63) is 11.6 Å². The van der Waals surface area contributed by atoms with Crippen molar-refractivity contribution in [3.8, 4) is 0 Å². The molecule has 9 heavy (non-hydrogen) atoms. The van der Waals surface area contributed by atoms with Crippen LogP contribution in [0.5, 0.6) is 0 Å². The maximum Gasteiger partial charge on any atom is -0.0161 e. The minimum absolute atomic E-state index is 0.980. The lowest BCUT2D eigenvalue weighted by Gasteiger charge is -2.42. The molecule has 3 rings (SSSR count). The van der Waals surface area contributed by atoms with Crippen LogP contribution in [0.1, 0.15) is 19.8 Å².